The van der Waals surface area contributed by atoms with Gasteiger partial charge in [-0.3, -0.25) is 9.48 Å². The van der Waals surface area contributed by atoms with Gasteiger partial charge in [-0.15, -0.1) is 0 Å². The molecule has 8 heteroatoms. The molecular formula is C24H22N4O3S. The van der Waals surface area contributed by atoms with E-state index < -0.39 is 9.84 Å². The number of carbonyl (C=O) groups is 1. The van der Waals surface area contributed by atoms with Crippen molar-refractivity contribution in [2.75, 3.05) is 0 Å². The third-order valence-electron chi connectivity index (χ3n) is 5.02. The molecule has 0 aliphatic heterocycles. The van der Waals surface area contributed by atoms with Gasteiger partial charge in [0, 0.05) is 5.56 Å². The van der Waals surface area contributed by atoms with Crippen LogP contribution >= 0.6 is 0 Å². The Kier molecular flexibility index (Phi) is 6.42. The van der Waals surface area contributed by atoms with Crippen LogP contribution in [0, 0.1) is 0 Å². The molecule has 7 nitrogen and oxygen atoms in total. The first kappa shape index (κ1) is 21.5. The van der Waals surface area contributed by atoms with Crippen LogP contribution in [0.15, 0.2) is 102 Å². The summed E-state index contributed by atoms with van der Waals surface area (Å²) in [5.41, 5.74) is 2.01. The highest BCUT2D eigenvalue weighted by Gasteiger charge is 2.18. The first-order valence-electron chi connectivity index (χ1n) is 10.1. The molecular weight excluding hydrogens is 424 g/mol. The largest absolute Gasteiger partial charge is 0.343 e. The van der Waals surface area contributed by atoms with Crippen molar-refractivity contribution in [2.45, 2.75) is 23.2 Å². The zero-order chi connectivity index (χ0) is 22.4. The van der Waals surface area contributed by atoms with Crippen LogP contribution in [0.2, 0.25) is 0 Å². The molecule has 1 amide bonds. The Hall–Kier alpha value is -3.78. The Balaban J connectivity index is 1.47. The Morgan fingerprint density at radius 3 is 2.19 bits per heavy atom. The fraction of sp³-hybridized carbons (Fsp3) is 0.125. The van der Waals surface area contributed by atoms with Gasteiger partial charge in [-0.25, -0.2) is 13.4 Å². The van der Waals surface area contributed by atoms with Gasteiger partial charge in [0.2, 0.25) is 0 Å². The second-order valence-corrected chi connectivity index (χ2v) is 9.31. The fourth-order valence-corrected chi connectivity index (χ4v) is 4.73. The number of sulfone groups is 1. The van der Waals surface area contributed by atoms with Crippen molar-refractivity contribution in [3.63, 3.8) is 0 Å². The third-order valence-corrected chi connectivity index (χ3v) is 6.72. The maximum atomic E-state index is 12.9. The Morgan fingerprint density at radius 2 is 1.56 bits per heavy atom. The van der Waals surface area contributed by atoms with Gasteiger partial charge in [-0.05, 0) is 35.4 Å². The summed E-state index contributed by atoms with van der Waals surface area (Å²) in [6.07, 6.45) is 3.05. The highest BCUT2D eigenvalue weighted by molar-refractivity contribution is 7.90. The average Bonchev–Trinajstić information content (AvgIpc) is 3.33. The SMILES string of the molecule is O=C(NC(Cn1cncn1)c1ccccc1)c1ccc(CS(=O)(=O)c2ccccc2)cc1. The maximum absolute atomic E-state index is 12.9. The van der Waals surface area contributed by atoms with Crippen LogP contribution in [0.25, 0.3) is 0 Å². The molecule has 1 atom stereocenters. The molecule has 0 radical (unpaired) electrons. The molecule has 1 aromatic heterocycles. The summed E-state index contributed by atoms with van der Waals surface area (Å²) >= 11 is 0. The van der Waals surface area contributed by atoms with Crippen LogP contribution in [0.1, 0.15) is 27.5 Å². The van der Waals surface area contributed by atoms with Crippen molar-refractivity contribution in [3.8, 4) is 0 Å². The van der Waals surface area contributed by atoms with Crippen molar-refractivity contribution in [1.29, 1.82) is 0 Å². The molecule has 0 saturated carbocycles. The minimum Gasteiger partial charge on any atom is -0.343 e. The van der Waals surface area contributed by atoms with Crippen molar-refractivity contribution in [3.05, 3.63) is 114 Å². The normalized spacial score (nSPS) is 12.2. The van der Waals surface area contributed by atoms with Crippen LogP contribution < -0.4 is 5.32 Å². The van der Waals surface area contributed by atoms with Gasteiger partial charge >= 0.3 is 0 Å². The number of amides is 1. The van der Waals surface area contributed by atoms with Crippen LogP contribution in [0.4, 0.5) is 0 Å². The van der Waals surface area contributed by atoms with E-state index in [9.17, 15) is 13.2 Å². The van der Waals surface area contributed by atoms with Gasteiger partial charge in [0.25, 0.3) is 5.91 Å². The summed E-state index contributed by atoms with van der Waals surface area (Å²) in [7, 11) is -3.45. The second-order valence-electron chi connectivity index (χ2n) is 7.32. The molecule has 162 valence electrons. The fourth-order valence-electron chi connectivity index (χ4n) is 3.36. The van der Waals surface area contributed by atoms with E-state index in [-0.39, 0.29) is 22.6 Å². The Bertz CT molecular complexity index is 1260. The molecule has 1 heterocycles. The summed E-state index contributed by atoms with van der Waals surface area (Å²) in [5, 5.41) is 7.17. The highest BCUT2D eigenvalue weighted by Crippen LogP contribution is 2.18. The van der Waals surface area contributed by atoms with Crippen molar-refractivity contribution in [2.24, 2.45) is 0 Å². The zero-order valence-corrected chi connectivity index (χ0v) is 18.0. The lowest BCUT2D eigenvalue weighted by molar-refractivity contribution is 0.0932. The minimum absolute atomic E-state index is 0.127. The minimum atomic E-state index is -3.45. The first-order chi connectivity index (χ1) is 15.5. The number of rotatable bonds is 8. The van der Waals surface area contributed by atoms with Gasteiger partial charge in [0.15, 0.2) is 9.84 Å². The molecule has 0 aliphatic carbocycles. The van der Waals surface area contributed by atoms with E-state index in [1.807, 2.05) is 30.3 Å². The number of aromatic nitrogens is 3. The lowest BCUT2D eigenvalue weighted by Crippen LogP contribution is -2.31. The Morgan fingerprint density at radius 1 is 0.906 bits per heavy atom. The quantitative estimate of drug-likeness (QED) is 0.448. The van der Waals surface area contributed by atoms with E-state index in [0.29, 0.717) is 17.7 Å². The van der Waals surface area contributed by atoms with E-state index in [1.54, 1.807) is 65.6 Å². The van der Waals surface area contributed by atoms with Crippen molar-refractivity contribution < 1.29 is 13.2 Å². The van der Waals surface area contributed by atoms with E-state index >= 15 is 0 Å². The van der Waals surface area contributed by atoms with E-state index in [1.165, 1.54) is 6.33 Å². The molecule has 0 saturated heterocycles. The molecule has 4 aromatic rings. The summed E-state index contributed by atoms with van der Waals surface area (Å²) in [5.74, 6) is -0.380. The zero-order valence-electron chi connectivity index (χ0n) is 17.2. The summed E-state index contributed by atoms with van der Waals surface area (Å²) in [4.78, 5) is 17.1. The van der Waals surface area contributed by atoms with Crippen LogP contribution in [-0.4, -0.2) is 29.1 Å². The first-order valence-corrected chi connectivity index (χ1v) is 11.7. The highest BCUT2D eigenvalue weighted by atomic mass is 32.2. The predicted octanol–water partition coefficient (Wildman–Crippen LogP) is 3.42. The topological polar surface area (TPSA) is 93.9 Å². The average molecular weight is 447 g/mol. The number of hydrogen-bond acceptors (Lipinski definition) is 5. The number of nitrogens with zero attached hydrogens (tertiary/aromatic N) is 3. The number of benzene rings is 3. The van der Waals surface area contributed by atoms with Gasteiger partial charge in [0.05, 0.1) is 23.2 Å². The van der Waals surface area contributed by atoms with Gasteiger partial charge in [0.1, 0.15) is 12.7 Å². The van der Waals surface area contributed by atoms with E-state index in [4.69, 9.17) is 0 Å². The molecule has 0 fully saturated rings. The lowest BCUT2D eigenvalue weighted by Gasteiger charge is -2.19. The number of carbonyl (C=O) groups excluding carboxylic acids is 1. The smallest absolute Gasteiger partial charge is 0.251 e. The maximum Gasteiger partial charge on any atom is 0.251 e. The molecule has 3 aromatic carbocycles. The molecule has 32 heavy (non-hydrogen) atoms. The monoisotopic (exact) mass is 446 g/mol. The molecule has 0 bridgehead atoms. The Labute approximate surface area is 186 Å². The molecule has 1 unspecified atom stereocenters. The van der Waals surface area contributed by atoms with Gasteiger partial charge in [-0.1, -0.05) is 60.7 Å². The van der Waals surface area contributed by atoms with Crippen molar-refractivity contribution >= 4 is 15.7 Å². The second kappa shape index (κ2) is 9.57. The van der Waals surface area contributed by atoms with Gasteiger partial charge in [-0.2, -0.15) is 5.10 Å². The number of nitrogens with one attached hydrogen (secondary N) is 1. The molecule has 1 N–H and O–H groups in total. The summed E-state index contributed by atoms with van der Waals surface area (Å²) in [6.45, 7) is 0.434. The third kappa shape index (κ3) is 5.28. The standard InChI is InChI=1S/C24H22N4O3S/c29-24(27-23(15-28-18-25-17-26-28)20-7-3-1-4-8-20)21-13-11-19(12-14-21)16-32(30,31)22-9-5-2-6-10-22/h1-14,17-18,23H,15-16H2,(H,27,29). The molecule has 0 spiro atoms. The van der Waals surface area contributed by atoms with Crippen LogP contribution in [-0.2, 0) is 22.1 Å². The van der Waals surface area contributed by atoms with Gasteiger partial charge < -0.3 is 5.32 Å². The van der Waals surface area contributed by atoms with Crippen molar-refractivity contribution in [1.82, 2.24) is 20.1 Å². The lowest BCUT2D eigenvalue weighted by atomic mass is 10.1. The summed E-state index contributed by atoms with van der Waals surface area (Å²) < 4.78 is 26.8. The molecule has 0 aliphatic rings. The van der Waals surface area contributed by atoms with E-state index in [0.717, 1.165) is 5.56 Å². The van der Waals surface area contributed by atoms with E-state index in [2.05, 4.69) is 15.4 Å². The molecule has 4 rings (SSSR count). The van der Waals surface area contributed by atoms with Crippen LogP contribution in [0.5, 0.6) is 0 Å². The van der Waals surface area contributed by atoms with Crippen LogP contribution in [0.3, 0.4) is 0 Å². The number of hydrogen-bond donors (Lipinski definition) is 1. The summed E-state index contributed by atoms with van der Waals surface area (Å²) in [6, 6.07) is 24.3. The predicted molar refractivity (Wildman–Crippen MR) is 120 cm³/mol.